The summed E-state index contributed by atoms with van der Waals surface area (Å²) in [5.74, 6) is -0.00209. The molecule has 96 valence electrons. The van der Waals surface area contributed by atoms with Crippen LogP contribution in [0.2, 0.25) is 0 Å². The molecular weight excluding hydrogens is 285 g/mol. The van der Waals surface area contributed by atoms with Gasteiger partial charge in [-0.3, -0.25) is 0 Å². The first-order valence-corrected chi connectivity index (χ1v) is 6.59. The molecule has 1 atom stereocenters. The van der Waals surface area contributed by atoms with E-state index in [0.29, 0.717) is 10.6 Å². The van der Waals surface area contributed by atoms with E-state index >= 15 is 0 Å². The summed E-state index contributed by atoms with van der Waals surface area (Å²) in [6.45, 7) is 3.86. The third kappa shape index (κ3) is 5.04. The number of methoxy groups -OCH3 is 1. The number of ether oxygens (including phenoxy) is 1. The maximum Gasteiger partial charge on any atom is 0.165 e. The molecule has 1 aromatic rings. The van der Waals surface area contributed by atoms with E-state index in [2.05, 4.69) is 27.8 Å². The van der Waals surface area contributed by atoms with Crippen LogP contribution in [0.5, 0.6) is 5.75 Å². The zero-order valence-corrected chi connectivity index (χ0v) is 12.1. The Labute approximate surface area is 111 Å². The Bertz CT molecular complexity index is 357. The average Bonchev–Trinajstić information content (AvgIpc) is 2.26. The zero-order chi connectivity index (χ0) is 12.8. The molecule has 1 rings (SSSR count). The Hall–Kier alpha value is -0.610. The number of rotatable bonds is 6. The van der Waals surface area contributed by atoms with Crippen molar-refractivity contribution in [2.75, 3.05) is 20.7 Å². The molecule has 0 aliphatic carbocycles. The van der Waals surface area contributed by atoms with Crippen LogP contribution in [0.15, 0.2) is 18.2 Å². The molecule has 1 aromatic carbocycles. The number of alkyl halides is 1. The Kier molecular flexibility index (Phi) is 5.92. The fourth-order valence-electron chi connectivity index (χ4n) is 1.60. The molecule has 1 unspecified atom stereocenters. The van der Waals surface area contributed by atoms with Crippen molar-refractivity contribution in [3.05, 3.63) is 29.6 Å². The second kappa shape index (κ2) is 6.97. The van der Waals surface area contributed by atoms with E-state index in [9.17, 15) is 4.39 Å². The van der Waals surface area contributed by atoms with Gasteiger partial charge < -0.3 is 9.64 Å². The highest BCUT2D eigenvalue weighted by atomic mass is 79.9. The first-order valence-electron chi connectivity index (χ1n) is 5.68. The number of benzene rings is 1. The molecule has 0 heterocycles. The molecule has 0 spiro atoms. The molecule has 0 radical (unpaired) electrons. The van der Waals surface area contributed by atoms with Gasteiger partial charge in [-0.05, 0) is 37.7 Å². The van der Waals surface area contributed by atoms with Crippen LogP contribution in [0.4, 0.5) is 4.39 Å². The van der Waals surface area contributed by atoms with E-state index in [4.69, 9.17) is 4.74 Å². The normalized spacial score (nSPS) is 12.8. The second-order valence-corrected chi connectivity index (χ2v) is 5.84. The first-order chi connectivity index (χ1) is 8.02. The van der Waals surface area contributed by atoms with Gasteiger partial charge >= 0.3 is 0 Å². The van der Waals surface area contributed by atoms with E-state index in [1.54, 1.807) is 6.07 Å². The second-order valence-electron chi connectivity index (χ2n) is 4.28. The lowest BCUT2D eigenvalue weighted by Gasteiger charge is -2.17. The quantitative estimate of drug-likeness (QED) is 0.747. The lowest BCUT2D eigenvalue weighted by molar-refractivity contribution is 0.321. The Morgan fingerprint density at radius 2 is 2.18 bits per heavy atom. The van der Waals surface area contributed by atoms with Crippen LogP contribution in [0.1, 0.15) is 18.9 Å². The lowest BCUT2D eigenvalue weighted by atomic mass is 10.2. The fraction of sp³-hybridized carbons (Fsp3) is 0.538. The van der Waals surface area contributed by atoms with E-state index in [1.807, 2.05) is 13.1 Å². The molecule has 0 bridgehead atoms. The molecule has 2 nitrogen and oxygen atoms in total. The van der Waals surface area contributed by atoms with Gasteiger partial charge in [0.2, 0.25) is 0 Å². The minimum Gasteiger partial charge on any atom is -0.494 e. The smallest absolute Gasteiger partial charge is 0.165 e. The molecule has 0 amide bonds. The third-order valence-corrected chi connectivity index (χ3v) is 3.04. The molecule has 0 aliphatic rings. The number of nitrogens with zero attached hydrogens (tertiary/aromatic N) is 1. The van der Waals surface area contributed by atoms with Gasteiger partial charge in [-0.25, -0.2) is 4.39 Å². The van der Waals surface area contributed by atoms with Crippen LogP contribution in [0, 0.1) is 5.82 Å². The first kappa shape index (κ1) is 14.5. The summed E-state index contributed by atoms with van der Waals surface area (Å²) in [6.07, 6.45) is 1.08. The van der Waals surface area contributed by atoms with E-state index in [-0.39, 0.29) is 5.82 Å². The van der Waals surface area contributed by atoms with Crippen molar-refractivity contribution in [3.63, 3.8) is 0 Å². The van der Waals surface area contributed by atoms with Crippen LogP contribution >= 0.6 is 15.9 Å². The van der Waals surface area contributed by atoms with E-state index in [0.717, 1.165) is 25.1 Å². The molecule has 0 N–H and O–H groups in total. The SMILES string of the molecule is COc1ccc(CN(C)CCC(C)Br)cc1F. The number of halogens is 2. The summed E-state index contributed by atoms with van der Waals surface area (Å²) < 4.78 is 18.4. The van der Waals surface area contributed by atoms with Crippen molar-refractivity contribution in [2.24, 2.45) is 0 Å². The third-order valence-electron chi connectivity index (χ3n) is 2.58. The lowest BCUT2D eigenvalue weighted by Crippen LogP contribution is -2.20. The Morgan fingerprint density at radius 1 is 1.47 bits per heavy atom. The highest BCUT2D eigenvalue weighted by Crippen LogP contribution is 2.18. The fourth-order valence-corrected chi connectivity index (χ4v) is 1.80. The van der Waals surface area contributed by atoms with E-state index < -0.39 is 0 Å². The van der Waals surface area contributed by atoms with Gasteiger partial charge in [0.1, 0.15) is 0 Å². The molecule has 0 saturated carbocycles. The highest BCUT2D eigenvalue weighted by molar-refractivity contribution is 9.09. The van der Waals surface area contributed by atoms with Crippen molar-refractivity contribution in [1.29, 1.82) is 0 Å². The summed E-state index contributed by atoms with van der Waals surface area (Å²) >= 11 is 3.52. The highest BCUT2D eigenvalue weighted by Gasteiger charge is 2.06. The van der Waals surface area contributed by atoms with Crippen molar-refractivity contribution < 1.29 is 9.13 Å². The topological polar surface area (TPSA) is 12.5 Å². The maximum absolute atomic E-state index is 13.5. The van der Waals surface area contributed by atoms with Gasteiger partial charge in [0.05, 0.1) is 7.11 Å². The zero-order valence-electron chi connectivity index (χ0n) is 10.5. The Balaban J connectivity index is 2.53. The van der Waals surface area contributed by atoms with Crippen LogP contribution in [-0.4, -0.2) is 30.4 Å². The van der Waals surface area contributed by atoms with Gasteiger partial charge in [0, 0.05) is 11.4 Å². The molecule has 0 aromatic heterocycles. The molecule has 17 heavy (non-hydrogen) atoms. The largest absolute Gasteiger partial charge is 0.494 e. The summed E-state index contributed by atoms with van der Waals surface area (Å²) in [6, 6.07) is 5.11. The minimum atomic E-state index is -0.299. The summed E-state index contributed by atoms with van der Waals surface area (Å²) in [5.41, 5.74) is 0.966. The molecular formula is C13H19BrFNO. The standard InChI is InChI=1S/C13H19BrFNO/c1-10(14)6-7-16(2)9-11-4-5-13(17-3)12(15)8-11/h4-5,8,10H,6-7,9H2,1-3H3. The van der Waals surface area contributed by atoms with Crippen molar-refractivity contribution in [3.8, 4) is 5.75 Å². The number of hydrogen-bond donors (Lipinski definition) is 0. The van der Waals surface area contributed by atoms with Crippen molar-refractivity contribution >= 4 is 15.9 Å². The molecule has 4 heteroatoms. The van der Waals surface area contributed by atoms with Gasteiger partial charge in [-0.1, -0.05) is 28.9 Å². The van der Waals surface area contributed by atoms with Crippen LogP contribution in [-0.2, 0) is 6.54 Å². The van der Waals surface area contributed by atoms with Crippen LogP contribution < -0.4 is 4.74 Å². The van der Waals surface area contributed by atoms with E-state index in [1.165, 1.54) is 13.2 Å². The van der Waals surface area contributed by atoms with Crippen molar-refractivity contribution in [1.82, 2.24) is 4.90 Å². The van der Waals surface area contributed by atoms with Gasteiger partial charge in [0.25, 0.3) is 0 Å². The summed E-state index contributed by atoms with van der Waals surface area (Å²) in [5, 5.41) is 0. The molecule has 0 saturated heterocycles. The minimum absolute atomic E-state index is 0.297. The predicted molar refractivity (Wildman–Crippen MR) is 72.3 cm³/mol. The maximum atomic E-state index is 13.5. The molecule has 0 aliphatic heterocycles. The van der Waals surface area contributed by atoms with Gasteiger partial charge in [0.15, 0.2) is 11.6 Å². The van der Waals surface area contributed by atoms with Gasteiger partial charge in [-0.2, -0.15) is 0 Å². The van der Waals surface area contributed by atoms with Gasteiger partial charge in [-0.15, -0.1) is 0 Å². The van der Waals surface area contributed by atoms with Crippen LogP contribution in [0.25, 0.3) is 0 Å². The average molecular weight is 304 g/mol. The number of hydrogen-bond acceptors (Lipinski definition) is 2. The summed E-state index contributed by atoms with van der Waals surface area (Å²) in [4.78, 5) is 2.69. The Morgan fingerprint density at radius 3 is 2.71 bits per heavy atom. The van der Waals surface area contributed by atoms with Crippen molar-refractivity contribution in [2.45, 2.75) is 24.7 Å². The van der Waals surface area contributed by atoms with Crippen LogP contribution in [0.3, 0.4) is 0 Å². The summed E-state index contributed by atoms with van der Waals surface area (Å²) in [7, 11) is 3.51. The predicted octanol–water partition coefficient (Wildman–Crippen LogP) is 3.44. The monoisotopic (exact) mass is 303 g/mol. The molecule has 0 fully saturated rings.